The SMILES string of the molecule is CC[C@H](Nc1cccc(C)c1C)C(=O)Nc1nccs1. The molecule has 5 heteroatoms. The first kappa shape index (κ1) is 14.5. The normalized spacial score (nSPS) is 11.9. The van der Waals surface area contributed by atoms with E-state index in [1.54, 1.807) is 6.20 Å². The van der Waals surface area contributed by atoms with E-state index in [-0.39, 0.29) is 11.9 Å². The number of thiazole rings is 1. The second-order valence-electron chi connectivity index (χ2n) is 4.68. The Morgan fingerprint density at radius 1 is 1.40 bits per heavy atom. The number of carbonyl (C=O) groups excluding carboxylic acids is 1. The molecular formula is C15H19N3OS. The molecule has 0 aliphatic heterocycles. The molecule has 0 unspecified atom stereocenters. The number of aryl methyl sites for hydroxylation is 1. The topological polar surface area (TPSA) is 54.0 Å². The van der Waals surface area contributed by atoms with E-state index in [1.807, 2.05) is 24.4 Å². The van der Waals surface area contributed by atoms with Crippen molar-refractivity contribution in [3.05, 3.63) is 40.9 Å². The predicted molar refractivity (Wildman–Crippen MR) is 84.4 cm³/mol. The van der Waals surface area contributed by atoms with Gasteiger partial charge in [-0.15, -0.1) is 11.3 Å². The van der Waals surface area contributed by atoms with Gasteiger partial charge in [-0.2, -0.15) is 0 Å². The largest absolute Gasteiger partial charge is 0.373 e. The lowest BCUT2D eigenvalue weighted by molar-refractivity contribution is -0.116. The Kier molecular flexibility index (Phi) is 4.74. The van der Waals surface area contributed by atoms with Crippen molar-refractivity contribution in [2.24, 2.45) is 0 Å². The molecule has 2 aromatic rings. The van der Waals surface area contributed by atoms with Gasteiger partial charge in [0.2, 0.25) is 5.91 Å². The van der Waals surface area contributed by atoms with Gasteiger partial charge in [-0.3, -0.25) is 4.79 Å². The van der Waals surface area contributed by atoms with Gasteiger partial charge in [0, 0.05) is 17.3 Å². The minimum absolute atomic E-state index is 0.0524. The van der Waals surface area contributed by atoms with Crippen LogP contribution in [-0.2, 0) is 4.79 Å². The van der Waals surface area contributed by atoms with Gasteiger partial charge in [-0.1, -0.05) is 19.1 Å². The van der Waals surface area contributed by atoms with Gasteiger partial charge in [0.15, 0.2) is 5.13 Å². The molecule has 1 aromatic heterocycles. The Morgan fingerprint density at radius 2 is 2.20 bits per heavy atom. The first-order chi connectivity index (χ1) is 9.61. The molecule has 1 amide bonds. The summed E-state index contributed by atoms with van der Waals surface area (Å²) < 4.78 is 0. The number of amides is 1. The average molecular weight is 289 g/mol. The zero-order valence-corrected chi connectivity index (χ0v) is 12.8. The highest BCUT2D eigenvalue weighted by atomic mass is 32.1. The standard InChI is InChI=1S/C15H19N3OS/c1-4-12(14(19)18-15-16-8-9-20-15)17-13-7-5-6-10(2)11(13)3/h5-9,12,17H,4H2,1-3H3,(H,16,18,19)/t12-/m0/s1. The number of hydrogen-bond acceptors (Lipinski definition) is 4. The van der Waals surface area contributed by atoms with Crippen molar-refractivity contribution in [2.45, 2.75) is 33.2 Å². The molecule has 20 heavy (non-hydrogen) atoms. The smallest absolute Gasteiger partial charge is 0.248 e. The van der Waals surface area contributed by atoms with Gasteiger partial charge in [-0.05, 0) is 37.5 Å². The van der Waals surface area contributed by atoms with E-state index < -0.39 is 0 Å². The zero-order chi connectivity index (χ0) is 14.5. The summed E-state index contributed by atoms with van der Waals surface area (Å²) in [4.78, 5) is 16.3. The maximum atomic E-state index is 12.2. The lowest BCUT2D eigenvalue weighted by Crippen LogP contribution is -2.34. The van der Waals surface area contributed by atoms with Crippen LogP contribution >= 0.6 is 11.3 Å². The van der Waals surface area contributed by atoms with Gasteiger partial charge in [-0.25, -0.2) is 4.98 Å². The molecule has 1 heterocycles. The van der Waals surface area contributed by atoms with Crippen LogP contribution in [0.2, 0.25) is 0 Å². The first-order valence-corrected chi connectivity index (χ1v) is 7.53. The zero-order valence-electron chi connectivity index (χ0n) is 11.9. The summed E-state index contributed by atoms with van der Waals surface area (Å²) in [5.41, 5.74) is 3.39. The van der Waals surface area contributed by atoms with E-state index in [0.717, 1.165) is 5.69 Å². The van der Waals surface area contributed by atoms with Gasteiger partial charge in [0.25, 0.3) is 0 Å². The van der Waals surface area contributed by atoms with E-state index >= 15 is 0 Å². The molecule has 2 N–H and O–H groups in total. The van der Waals surface area contributed by atoms with Crippen LogP contribution in [0.3, 0.4) is 0 Å². The van der Waals surface area contributed by atoms with Crippen LogP contribution in [0.5, 0.6) is 0 Å². The van der Waals surface area contributed by atoms with Crippen LogP contribution in [0, 0.1) is 13.8 Å². The average Bonchev–Trinajstić information content (AvgIpc) is 2.93. The van der Waals surface area contributed by atoms with Crippen molar-refractivity contribution in [3.63, 3.8) is 0 Å². The molecule has 1 atom stereocenters. The van der Waals surface area contributed by atoms with Crippen LogP contribution < -0.4 is 10.6 Å². The molecule has 4 nitrogen and oxygen atoms in total. The molecule has 0 aliphatic rings. The van der Waals surface area contributed by atoms with Gasteiger partial charge in [0.1, 0.15) is 6.04 Å². The fourth-order valence-electron chi connectivity index (χ4n) is 1.93. The summed E-state index contributed by atoms with van der Waals surface area (Å²) in [6, 6.07) is 5.80. The number of hydrogen-bond donors (Lipinski definition) is 2. The van der Waals surface area contributed by atoms with Crippen LogP contribution in [0.25, 0.3) is 0 Å². The van der Waals surface area contributed by atoms with E-state index in [9.17, 15) is 4.79 Å². The van der Waals surface area contributed by atoms with Crippen LogP contribution in [0.4, 0.5) is 10.8 Å². The molecule has 0 fully saturated rings. The maximum absolute atomic E-state index is 12.2. The molecular weight excluding hydrogens is 270 g/mol. The Balaban J connectivity index is 2.08. The highest BCUT2D eigenvalue weighted by Crippen LogP contribution is 2.20. The lowest BCUT2D eigenvalue weighted by Gasteiger charge is -2.19. The minimum Gasteiger partial charge on any atom is -0.373 e. The molecule has 2 rings (SSSR count). The van der Waals surface area contributed by atoms with Gasteiger partial charge in [0.05, 0.1) is 0 Å². The van der Waals surface area contributed by atoms with Crippen molar-refractivity contribution in [2.75, 3.05) is 10.6 Å². The minimum atomic E-state index is -0.264. The number of rotatable bonds is 5. The van der Waals surface area contributed by atoms with Crippen molar-refractivity contribution in [1.29, 1.82) is 0 Å². The van der Waals surface area contributed by atoms with E-state index in [0.29, 0.717) is 11.6 Å². The molecule has 0 spiro atoms. The van der Waals surface area contributed by atoms with E-state index in [1.165, 1.54) is 22.5 Å². The summed E-state index contributed by atoms with van der Waals surface area (Å²) in [6.45, 7) is 6.12. The first-order valence-electron chi connectivity index (χ1n) is 6.65. The summed E-state index contributed by atoms with van der Waals surface area (Å²) >= 11 is 1.42. The van der Waals surface area contributed by atoms with Crippen molar-refractivity contribution < 1.29 is 4.79 Å². The summed E-state index contributed by atoms with van der Waals surface area (Å²) in [7, 11) is 0. The monoisotopic (exact) mass is 289 g/mol. The van der Waals surface area contributed by atoms with Gasteiger partial charge >= 0.3 is 0 Å². The number of anilines is 2. The number of nitrogens with zero attached hydrogens (tertiary/aromatic N) is 1. The second-order valence-corrected chi connectivity index (χ2v) is 5.57. The molecule has 1 aromatic carbocycles. The molecule has 0 saturated carbocycles. The highest BCUT2D eigenvalue weighted by molar-refractivity contribution is 7.13. The Morgan fingerprint density at radius 3 is 2.85 bits per heavy atom. The van der Waals surface area contributed by atoms with Gasteiger partial charge < -0.3 is 10.6 Å². The second kappa shape index (κ2) is 6.52. The summed E-state index contributed by atoms with van der Waals surface area (Å²) in [5, 5.41) is 8.63. The molecule has 0 bridgehead atoms. The van der Waals surface area contributed by atoms with E-state index in [4.69, 9.17) is 0 Å². The molecule has 0 radical (unpaired) electrons. The third-order valence-electron chi connectivity index (χ3n) is 3.32. The quantitative estimate of drug-likeness (QED) is 0.884. The number of nitrogens with one attached hydrogen (secondary N) is 2. The van der Waals surface area contributed by atoms with E-state index in [2.05, 4.69) is 35.5 Å². The number of aromatic nitrogens is 1. The third kappa shape index (κ3) is 3.36. The van der Waals surface area contributed by atoms with Crippen molar-refractivity contribution in [1.82, 2.24) is 4.98 Å². The third-order valence-corrected chi connectivity index (χ3v) is 4.01. The van der Waals surface area contributed by atoms with Crippen LogP contribution in [0.15, 0.2) is 29.8 Å². The summed E-state index contributed by atoms with van der Waals surface area (Å²) in [5.74, 6) is -0.0524. The predicted octanol–water partition coefficient (Wildman–Crippen LogP) is 3.59. The fourth-order valence-corrected chi connectivity index (χ4v) is 2.46. The molecule has 0 saturated heterocycles. The van der Waals surface area contributed by atoms with Crippen molar-refractivity contribution in [3.8, 4) is 0 Å². The number of carbonyl (C=O) groups is 1. The Hall–Kier alpha value is -1.88. The molecule has 0 aliphatic carbocycles. The Labute approximate surface area is 123 Å². The van der Waals surface area contributed by atoms with Crippen LogP contribution in [0.1, 0.15) is 24.5 Å². The fraction of sp³-hybridized carbons (Fsp3) is 0.333. The lowest BCUT2D eigenvalue weighted by atomic mass is 10.1. The Bertz CT molecular complexity index is 581. The van der Waals surface area contributed by atoms with Crippen molar-refractivity contribution >= 4 is 28.1 Å². The molecule has 106 valence electrons. The number of benzene rings is 1. The maximum Gasteiger partial charge on any atom is 0.248 e. The van der Waals surface area contributed by atoms with Crippen LogP contribution in [-0.4, -0.2) is 16.9 Å². The summed E-state index contributed by atoms with van der Waals surface area (Å²) in [6.07, 6.45) is 2.39. The highest BCUT2D eigenvalue weighted by Gasteiger charge is 2.18.